The summed E-state index contributed by atoms with van der Waals surface area (Å²) >= 11 is 0. The summed E-state index contributed by atoms with van der Waals surface area (Å²) in [6, 6.07) is 0.362. The Balaban J connectivity index is 2.02. The number of nitrogens with two attached hydrogens (primary N) is 1. The van der Waals surface area contributed by atoms with Gasteiger partial charge in [0.05, 0.1) is 17.5 Å². The van der Waals surface area contributed by atoms with Crippen molar-refractivity contribution in [2.45, 2.75) is 38.3 Å². The van der Waals surface area contributed by atoms with E-state index in [4.69, 9.17) is 10.5 Å². The lowest BCUT2D eigenvalue weighted by atomic mass is 9.94. The topological polar surface area (TPSA) is 73.1 Å². The number of aromatic nitrogens is 2. The molecule has 2 rings (SSSR count). The molecule has 0 aromatic carbocycles. The van der Waals surface area contributed by atoms with Crippen LogP contribution in [-0.2, 0) is 4.74 Å². The molecule has 1 fully saturated rings. The monoisotopic (exact) mass is 222 g/mol. The highest BCUT2D eigenvalue weighted by molar-refractivity contribution is 5.59. The summed E-state index contributed by atoms with van der Waals surface area (Å²) < 4.78 is 5.66. The molecule has 1 aromatic rings. The lowest BCUT2D eigenvalue weighted by Crippen LogP contribution is -2.40. The van der Waals surface area contributed by atoms with Crippen LogP contribution in [0.25, 0.3) is 0 Å². The SMILES string of the molecule is CC1(C)CC(Nc2ncncc2N)CCO1. The van der Waals surface area contributed by atoms with Crippen LogP contribution in [0.5, 0.6) is 0 Å². The minimum absolute atomic E-state index is 0.0717. The van der Waals surface area contributed by atoms with E-state index < -0.39 is 0 Å². The van der Waals surface area contributed by atoms with Crippen LogP contribution in [0.1, 0.15) is 26.7 Å². The predicted octanol–water partition coefficient (Wildman–Crippen LogP) is 1.43. The van der Waals surface area contributed by atoms with E-state index in [1.807, 2.05) is 0 Å². The molecular formula is C11H18N4O. The first kappa shape index (κ1) is 11.1. The molecule has 0 radical (unpaired) electrons. The Morgan fingerprint density at radius 1 is 1.56 bits per heavy atom. The molecule has 5 nitrogen and oxygen atoms in total. The van der Waals surface area contributed by atoms with Gasteiger partial charge in [0.25, 0.3) is 0 Å². The van der Waals surface area contributed by atoms with E-state index in [9.17, 15) is 0 Å². The molecule has 1 saturated heterocycles. The number of hydrogen-bond acceptors (Lipinski definition) is 5. The quantitative estimate of drug-likeness (QED) is 0.792. The molecule has 0 bridgehead atoms. The molecule has 1 aliphatic rings. The maximum atomic E-state index is 5.79. The summed E-state index contributed by atoms with van der Waals surface area (Å²) in [6.45, 7) is 4.98. The zero-order valence-electron chi connectivity index (χ0n) is 9.73. The largest absolute Gasteiger partial charge is 0.394 e. The Labute approximate surface area is 95.4 Å². The third kappa shape index (κ3) is 2.61. The number of rotatable bonds is 2. The maximum absolute atomic E-state index is 5.79. The second-order valence-corrected chi connectivity index (χ2v) is 4.77. The fourth-order valence-corrected chi connectivity index (χ4v) is 2.01. The molecule has 0 spiro atoms. The van der Waals surface area contributed by atoms with E-state index in [1.54, 1.807) is 6.20 Å². The van der Waals surface area contributed by atoms with Crippen LogP contribution in [0.15, 0.2) is 12.5 Å². The predicted molar refractivity (Wildman–Crippen MR) is 63.1 cm³/mol. The third-order valence-corrected chi connectivity index (χ3v) is 2.78. The zero-order valence-corrected chi connectivity index (χ0v) is 9.73. The van der Waals surface area contributed by atoms with E-state index in [1.165, 1.54) is 6.33 Å². The lowest BCUT2D eigenvalue weighted by molar-refractivity contribution is -0.0553. The lowest BCUT2D eigenvalue weighted by Gasteiger charge is -2.36. The van der Waals surface area contributed by atoms with Gasteiger partial charge in [-0.3, -0.25) is 0 Å². The molecule has 88 valence electrons. The number of nitrogens with one attached hydrogen (secondary N) is 1. The third-order valence-electron chi connectivity index (χ3n) is 2.78. The van der Waals surface area contributed by atoms with Gasteiger partial charge in [-0.1, -0.05) is 0 Å². The molecule has 3 N–H and O–H groups in total. The zero-order chi connectivity index (χ0) is 11.6. The fourth-order valence-electron chi connectivity index (χ4n) is 2.01. The van der Waals surface area contributed by atoms with Crippen molar-refractivity contribution in [1.82, 2.24) is 9.97 Å². The van der Waals surface area contributed by atoms with Crippen molar-refractivity contribution in [3.05, 3.63) is 12.5 Å². The number of hydrogen-bond donors (Lipinski definition) is 2. The summed E-state index contributed by atoms with van der Waals surface area (Å²) in [5.74, 6) is 0.720. The number of ether oxygens (including phenoxy) is 1. The molecule has 2 heterocycles. The van der Waals surface area contributed by atoms with Gasteiger partial charge in [0.15, 0.2) is 5.82 Å². The van der Waals surface area contributed by atoms with E-state index in [0.717, 1.165) is 25.3 Å². The Morgan fingerprint density at radius 3 is 3.06 bits per heavy atom. The Kier molecular flexibility index (Phi) is 2.96. The van der Waals surface area contributed by atoms with Crippen LogP contribution in [0.2, 0.25) is 0 Å². The molecule has 16 heavy (non-hydrogen) atoms. The van der Waals surface area contributed by atoms with Gasteiger partial charge >= 0.3 is 0 Å². The standard InChI is InChI=1S/C11H18N4O/c1-11(2)5-8(3-4-16-11)15-10-9(12)6-13-7-14-10/h6-8H,3-5,12H2,1-2H3,(H,13,14,15). The molecular weight excluding hydrogens is 204 g/mol. The minimum atomic E-state index is -0.0717. The number of nitrogens with zero attached hydrogens (tertiary/aromatic N) is 2. The van der Waals surface area contributed by atoms with Crippen molar-refractivity contribution in [3.8, 4) is 0 Å². The van der Waals surface area contributed by atoms with Gasteiger partial charge in [0, 0.05) is 12.6 Å². The molecule has 0 saturated carbocycles. The van der Waals surface area contributed by atoms with Gasteiger partial charge in [0.2, 0.25) is 0 Å². The second-order valence-electron chi connectivity index (χ2n) is 4.77. The maximum Gasteiger partial charge on any atom is 0.152 e. The van der Waals surface area contributed by atoms with Crippen LogP contribution in [0.4, 0.5) is 11.5 Å². The average Bonchev–Trinajstić information content (AvgIpc) is 2.20. The smallest absolute Gasteiger partial charge is 0.152 e. The summed E-state index contributed by atoms with van der Waals surface area (Å²) in [6.07, 6.45) is 5.05. The Bertz CT molecular complexity index is 367. The number of anilines is 2. The first-order valence-electron chi connectivity index (χ1n) is 5.53. The van der Waals surface area contributed by atoms with E-state index >= 15 is 0 Å². The first-order valence-corrected chi connectivity index (χ1v) is 5.53. The molecule has 1 aliphatic heterocycles. The van der Waals surface area contributed by atoms with Crippen molar-refractivity contribution in [2.75, 3.05) is 17.7 Å². The van der Waals surface area contributed by atoms with Crippen LogP contribution in [0, 0.1) is 0 Å². The van der Waals surface area contributed by atoms with E-state index in [2.05, 4.69) is 29.1 Å². The van der Waals surface area contributed by atoms with Gasteiger partial charge < -0.3 is 15.8 Å². The van der Waals surface area contributed by atoms with Crippen LogP contribution in [-0.4, -0.2) is 28.2 Å². The van der Waals surface area contributed by atoms with Crippen LogP contribution in [0.3, 0.4) is 0 Å². The molecule has 1 atom stereocenters. The Hall–Kier alpha value is -1.36. The molecule has 0 amide bonds. The summed E-state index contributed by atoms with van der Waals surface area (Å²) in [4.78, 5) is 8.00. The highest BCUT2D eigenvalue weighted by atomic mass is 16.5. The molecule has 1 unspecified atom stereocenters. The van der Waals surface area contributed by atoms with Crippen molar-refractivity contribution in [1.29, 1.82) is 0 Å². The van der Waals surface area contributed by atoms with Gasteiger partial charge in [0.1, 0.15) is 6.33 Å². The highest BCUT2D eigenvalue weighted by Crippen LogP contribution is 2.26. The summed E-state index contributed by atoms with van der Waals surface area (Å²) in [5, 5.41) is 3.35. The highest BCUT2D eigenvalue weighted by Gasteiger charge is 2.29. The summed E-state index contributed by atoms with van der Waals surface area (Å²) in [5.41, 5.74) is 6.30. The van der Waals surface area contributed by atoms with Crippen molar-refractivity contribution < 1.29 is 4.74 Å². The second kappa shape index (κ2) is 4.25. The first-order chi connectivity index (χ1) is 7.57. The number of nitrogen functional groups attached to an aromatic ring is 1. The van der Waals surface area contributed by atoms with E-state index in [0.29, 0.717) is 11.7 Å². The normalized spacial score (nSPS) is 24.0. The Morgan fingerprint density at radius 2 is 2.38 bits per heavy atom. The van der Waals surface area contributed by atoms with Crippen molar-refractivity contribution >= 4 is 11.5 Å². The molecule has 1 aromatic heterocycles. The van der Waals surface area contributed by atoms with Gasteiger partial charge in [-0.25, -0.2) is 9.97 Å². The van der Waals surface area contributed by atoms with Crippen molar-refractivity contribution in [2.24, 2.45) is 0 Å². The van der Waals surface area contributed by atoms with Gasteiger partial charge in [-0.2, -0.15) is 0 Å². The van der Waals surface area contributed by atoms with Gasteiger partial charge in [-0.05, 0) is 26.7 Å². The molecule has 0 aliphatic carbocycles. The van der Waals surface area contributed by atoms with Crippen LogP contribution >= 0.6 is 0 Å². The minimum Gasteiger partial charge on any atom is -0.394 e. The fraction of sp³-hybridized carbons (Fsp3) is 0.636. The van der Waals surface area contributed by atoms with Gasteiger partial charge in [-0.15, -0.1) is 0 Å². The van der Waals surface area contributed by atoms with Crippen LogP contribution < -0.4 is 11.1 Å². The van der Waals surface area contributed by atoms with Crippen molar-refractivity contribution in [3.63, 3.8) is 0 Å². The molecule has 5 heteroatoms. The summed E-state index contributed by atoms with van der Waals surface area (Å²) in [7, 11) is 0. The average molecular weight is 222 g/mol. The van der Waals surface area contributed by atoms with E-state index in [-0.39, 0.29) is 5.60 Å².